The molecule has 54 heavy (non-hydrogen) atoms. The van der Waals surface area contributed by atoms with E-state index in [0.717, 1.165) is 27.5 Å². The van der Waals surface area contributed by atoms with Gasteiger partial charge in [-0.05, 0) is 58.9 Å². The number of anilines is 1. The average molecular weight is 750 g/mol. The molecule has 14 nitrogen and oxygen atoms in total. The molecule has 0 aromatic heterocycles. The fraction of sp³-hybridized carbons (Fsp3) is 0.243. The number of amidine groups is 1. The van der Waals surface area contributed by atoms with E-state index in [1.165, 1.54) is 0 Å². The summed E-state index contributed by atoms with van der Waals surface area (Å²) in [6.07, 6.45) is -4.04. The van der Waals surface area contributed by atoms with Gasteiger partial charge < -0.3 is 44.4 Å². The molecule has 0 fully saturated rings. The Hall–Kier alpha value is -6.65. The fourth-order valence-electron chi connectivity index (χ4n) is 5.28. The molecule has 0 saturated heterocycles. The van der Waals surface area contributed by atoms with Crippen LogP contribution in [0.3, 0.4) is 0 Å². The Morgan fingerprint density at radius 1 is 0.759 bits per heavy atom. The first kappa shape index (κ1) is 41.8. The van der Waals surface area contributed by atoms with Gasteiger partial charge in [-0.3, -0.25) is 24.8 Å². The maximum Gasteiger partial charge on any atom is 0.490 e. The zero-order valence-electron chi connectivity index (χ0n) is 29.0. The maximum absolute atomic E-state index is 14.2. The van der Waals surface area contributed by atoms with E-state index in [0.29, 0.717) is 24.1 Å². The largest absolute Gasteiger partial charge is 0.490 e. The normalized spacial score (nSPS) is 12.6. The van der Waals surface area contributed by atoms with Crippen LogP contribution in [0, 0.1) is 5.41 Å². The third kappa shape index (κ3) is 13.2. The first-order valence-corrected chi connectivity index (χ1v) is 16.5. The number of carbonyl (C=O) groups is 4. The third-order valence-corrected chi connectivity index (χ3v) is 8.10. The molecule has 0 bridgehead atoms. The number of fused-ring (bicyclic) bond motifs is 1. The number of guanidine groups is 1. The molecule has 4 aromatic carbocycles. The number of aliphatic imine (C=N–C) groups is 1. The van der Waals surface area contributed by atoms with Gasteiger partial charge >= 0.3 is 12.1 Å². The number of benzene rings is 4. The summed E-state index contributed by atoms with van der Waals surface area (Å²) in [7, 11) is 0. The van der Waals surface area contributed by atoms with Gasteiger partial charge in [0, 0.05) is 24.2 Å². The highest BCUT2D eigenvalue weighted by atomic mass is 19.4. The summed E-state index contributed by atoms with van der Waals surface area (Å²) < 4.78 is 31.7. The summed E-state index contributed by atoms with van der Waals surface area (Å²) >= 11 is 0. The molecule has 286 valence electrons. The third-order valence-electron chi connectivity index (χ3n) is 8.10. The summed E-state index contributed by atoms with van der Waals surface area (Å²) in [4.78, 5) is 53.0. The van der Waals surface area contributed by atoms with Crippen molar-refractivity contribution in [3.8, 4) is 0 Å². The molecule has 0 spiro atoms. The first-order valence-electron chi connectivity index (χ1n) is 16.5. The Balaban J connectivity index is 0.00000102. The van der Waals surface area contributed by atoms with E-state index in [9.17, 15) is 27.6 Å². The van der Waals surface area contributed by atoms with Crippen molar-refractivity contribution in [3.05, 3.63) is 113 Å². The molecule has 4 rings (SSSR count). The predicted molar refractivity (Wildman–Crippen MR) is 199 cm³/mol. The van der Waals surface area contributed by atoms with E-state index < -0.39 is 42.0 Å². The summed E-state index contributed by atoms with van der Waals surface area (Å²) in [6.45, 7) is 0.258. The van der Waals surface area contributed by atoms with Crippen LogP contribution in [0.15, 0.2) is 96.0 Å². The predicted octanol–water partition coefficient (Wildman–Crippen LogP) is 2.42. The van der Waals surface area contributed by atoms with Crippen molar-refractivity contribution in [2.24, 2.45) is 27.9 Å². The maximum atomic E-state index is 14.2. The van der Waals surface area contributed by atoms with E-state index in [-0.39, 0.29) is 37.1 Å². The highest BCUT2D eigenvalue weighted by Gasteiger charge is 2.38. The standard InChI is InChI=1S/C35H41N9O3.C2HF3O2/c36-27-15-9-22(10-16-27)19-30(34(47)43-29(32(39)45)6-3-17-42-35(40)41)44-33(46)28(18-21-7-11-24(12-8-21)31(37)38)26-14-13-23-4-1-2-5-25(23)20-26;3-2(4,5)1(6)7/h1-2,4-5,7-16,20,28-30H,3,6,17-19,36H2,(H3,37,38)(H2,39,45)(H,43,47)(H,44,46)(H4,40,41,42);(H,6,7)/t28-,29?,30-;/m0./s1. The number of amides is 3. The number of aliphatic carboxylic acids is 1. The second-order valence-electron chi connectivity index (χ2n) is 12.2. The van der Waals surface area contributed by atoms with E-state index >= 15 is 0 Å². The second-order valence-corrected chi connectivity index (χ2v) is 12.2. The van der Waals surface area contributed by atoms with E-state index in [4.69, 9.17) is 44.0 Å². The number of carboxylic acid groups (broad SMARTS) is 1. The fourth-order valence-corrected chi connectivity index (χ4v) is 5.28. The van der Waals surface area contributed by atoms with Crippen molar-refractivity contribution in [2.75, 3.05) is 12.3 Å². The topological polar surface area (TPSA) is 279 Å². The molecule has 0 aliphatic rings. The van der Waals surface area contributed by atoms with Crippen LogP contribution in [0.1, 0.15) is 41.0 Å². The van der Waals surface area contributed by atoms with E-state index in [2.05, 4.69) is 15.6 Å². The molecule has 3 amide bonds. The first-order chi connectivity index (χ1) is 25.4. The number of alkyl halides is 3. The molecule has 4 aromatic rings. The quantitative estimate of drug-likeness (QED) is 0.0373. The minimum absolute atomic E-state index is 0.0533. The number of hydrogen-bond acceptors (Lipinski definition) is 7. The van der Waals surface area contributed by atoms with E-state index in [1.54, 1.807) is 36.4 Å². The van der Waals surface area contributed by atoms with Crippen molar-refractivity contribution in [3.63, 3.8) is 0 Å². The summed E-state index contributed by atoms with van der Waals surface area (Å²) in [5.41, 5.74) is 31.4. The molecule has 0 aliphatic carbocycles. The number of nitrogen functional groups attached to an aromatic ring is 2. The molecular weight excluding hydrogens is 707 g/mol. The van der Waals surface area contributed by atoms with Gasteiger partial charge in [0.2, 0.25) is 17.7 Å². The zero-order chi connectivity index (χ0) is 40.0. The lowest BCUT2D eigenvalue weighted by Gasteiger charge is -2.25. The number of nitrogens with two attached hydrogens (primary N) is 5. The minimum Gasteiger partial charge on any atom is -0.475 e. The molecule has 3 atom stereocenters. The number of primary amides is 1. The average Bonchev–Trinajstić information content (AvgIpc) is 3.12. The van der Waals surface area contributed by atoms with E-state index in [1.807, 2.05) is 54.6 Å². The van der Waals surface area contributed by atoms with Crippen molar-refractivity contribution in [1.29, 1.82) is 5.41 Å². The lowest BCUT2D eigenvalue weighted by Crippen LogP contribution is -2.54. The number of carboxylic acids is 1. The lowest BCUT2D eigenvalue weighted by molar-refractivity contribution is -0.192. The van der Waals surface area contributed by atoms with Crippen LogP contribution in [-0.4, -0.2) is 65.4 Å². The highest BCUT2D eigenvalue weighted by Crippen LogP contribution is 2.26. The van der Waals surface area contributed by atoms with Gasteiger partial charge in [-0.2, -0.15) is 13.2 Å². The second kappa shape index (κ2) is 19.3. The Bertz CT molecular complexity index is 1970. The van der Waals surface area contributed by atoms with Gasteiger partial charge in [0.05, 0.1) is 5.92 Å². The zero-order valence-corrected chi connectivity index (χ0v) is 29.0. The minimum atomic E-state index is -5.08. The van der Waals surface area contributed by atoms with Crippen LogP contribution in [0.2, 0.25) is 0 Å². The van der Waals surface area contributed by atoms with Crippen LogP contribution in [-0.2, 0) is 32.0 Å². The number of nitrogens with one attached hydrogen (secondary N) is 3. The van der Waals surface area contributed by atoms with Crippen molar-refractivity contribution >= 4 is 51.9 Å². The van der Waals surface area contributed by atoms with Crippen LogP contribution in [0.5, 0.6) is 0 Å². The van der Waals surface area contributed by atoms with Crippen molar-refractivity contribution in [1.82, 2.24) is 10.6 Å². The molecule has 17 heteroatoms. The van der Waals surface area contributed by atoms with Crippen molar-refractivity contribution in [2.45, 2.75) is 49.9 Å². The summed E-state index contributed by atoms with van der Waals surface area (Å²) in [5, 5.41) is 22.5. The van der Waals surface area contributed by atoms with Crippen LogP contribution in [0.4, 0.5) is 18.9 Å². The summed E-state index contributed by atoms with van der Waals surface area (Å²) in [5.74, 6) is -5.24. The molecule has 14 N–H and O–H groups in total. The molecule has 0 heterocycles. The SMILES string of the molecule is N=C(N)c1ccc(C[C@H](C(=O)N[C@@H](Cc2ccc(N)cc2)C(=O)NC(CCCN=C(N)N)C(N)=O)c2ccc3ccccc3c2)cc1.O=C(O)C(F)(F)F. The number of halogens is 3. The van der Waals surface area contributed by atoms with Crippen LogP contribution >= 0.6 is 0 Å². The lowest BCUT2D eigenvalue weighted by atomic mass is 9.89. The Morgan fingerprint density at radius 2 is 1.31 bits per heavy atom. The summed E-state index contributed by atoms with van der Waals surface area (Å²) in [6, 6.07) is 25.8. The molecule has 0 saturated carbocycles. The molecule has 0 radical (unpaired) electrons. The Labute approximate surface area is 308 Å². The number of rotatable bonds is 15. The van der Waals surface area contributed by atoms with Gasteiger partial charge in [-0.25, -0.2) is 4.79 Å². The smallest absolute Gasteiger partial charge is 0.475 e. The van der Waals surface area contributed by atoms with Gasteiger partial charge in [-0.15, -0.1) is 0 Å². The number of nitrogens with zero attached hydrogens (tertiary/aromatic N) is 1. The molecule has 1 unspecified atom stereocenters. The van der Waals surface area contributed by atoms with Crippen LogP contribution in [0.25, 0.3) is 10.8 Å². The van der Waals surface area contributed by atoms with Crippen LogP contribution < -0.4 is 39.3 Å². The Kier molecular flexibility index (Phi) is 14.9. The molecular formula is C37H42F3N9O5. The molecule has 0 aliphatic heterocycles. The highest BCUT2D eigenvalue weighted by molar-refractivity contribution is 5.95. The number of carbonyl (C=O) groups excluding carboxylic acids is 3. The van der Waals surface area contributed by atoms with Gasteiger partial charge in [0.25, 0.3) is 0 Å². The van der Waals surface area contributed by atoms with Gasteiger partial charge in [0.15, 0.2) is 5.96 Å². The van der Waals surface area contributed by atoms with Gasteiger partial charge in [0.1, 0.15) is 17.9 Å². The van der Waals surface area contributed by atoms with Crippen molar-refractivity contribution < 1.29 is 37.5 Å². The Morgan fingerprint density at radius 3 is 1.87 bits per heavy atom. The number of hydrogen-bond donors (Lipinski definition) is 9. The monoisotopic (exact) mass is 749 g/mol. The van der Waals surface area contributed by atoms with Gasteiger partial charge in [-0.1, -0.05) is 78.9 Å².